The molecule has 0 bridgehead atoms. The Labute approximate surface area is 123 Å². The number of hydrogen-bond donors (Lipinski definition) is 1. The Bertz CT molecular complexity index is 748. The largest absolute Gasteiger partial charge is 0.457 e. The van der Waals surface area contributed by atoms with Crippen molar-refractivity contribution in [2.24, 2.45) is 5.73 Å². The minimum atomic E-state index is -0.269. The van der Waals surface area contributed by atoms with Gasteiger partial charge in [0.25, 0.3) is 0 Å². The van der Waals surface area contributed by atoms with Crippen molar-refractivity contribution in [3.63, 3.8) is 0 Å². The number of nitrogens with two attached hydrogens (primary N) is 1. The summed E-state index contributed by atoms with van der Waals surface area (Å²) in [4.78, 5) is 0. The Morgan fingerprint density at radius 2 is 1.95 bits per heavy atom. The van der Waals surface area contributed by atoms with E-state index in [0.717, 1.165) is 23.1 Å². The number of benzene rings is 2. The molecule has 2 aromatic carbocycles. The monoisotopic (exact) mass is 285 g/mol. The summed E-state index contributed by atoms with van der Waals surface area (Å²) in [6.45, 7) is 2.13. The van der Waals surface area contributed by atoms with E-state index in [1.54, 1.807) is 0 Å². The molecule has 0 spiro atoms. The Morgan fingerprint density at radius 1 is 1.15 bits per heavy atom. The molecule has 0 saturated carbocycles. The molecule has 2 N–H and O–H groups in total. The fraction of sp³-hybridized carbons (Fsp3) is 0.176. The maximum absolute atomic E-state index is 6.37. The van der Waals surface area contributed by atoms with Gasteiger partial charge in [-0.1, -0.05) is 54.9 Å². The molecule has 0 saturated heterocycles. The van der Waals surface area contributed by atoms with Crippen molar-refractivity contribution in [2.75, 3.05) is 0 Å². The summed E-state index contributed by atoms with van der Waals surface area (Å²) in [7, 11) is 0. The summed E-state index contributed by atoms with van der Waals surface area (Å²) in [5.41, 5.74) is 9.42. The van der Waals surface area contributed by atoms with Crippen LogP contribution in [0.4, 0.5) is 0 Å². The molecule has 0 aliphatic carbocycles. The number of para-hydroxylation sites is 1. The van der Waals surface area contributed by atoms with Crippen LogP contribution in [0.15, 0.2) is 52.9 Å². The molecule has 1 atom stereocenters. The normalized spacial score (nSPS) is 12.8. The summed E-state index contributed by atoms with van der Waals surface area (Å²) in [5, 5.41) is 1.60. The fourth-order valence-electron chi connectivity index (χ4n) is 2.51. The van der Waals surface area contributed by atoms with Crippen LogP contribution >= 0.6 is 11.6 Å². The van der Waals surface area contributed by atoms with Crippen molar-refractivity contribution >= 4 is 22.6 Å². The third-order valence-electron chi connectivity index (χ3n) is 3.59. The quantitative estimate of drug-likeness (QED) is 0.758. The molecular weight excluding hydrogens is 270 g/mol. The average molecular weight is 286 g/mol. The standard InChI is InChI=1S/C17H16ClNO/c1-2-11-6-3-4-8-13(11)16(19)15-10-12-7-5-9-14(18)17(12)20-15/h3-10,16H,2,19H2,1H3. The van der Waals surface area contributed by atoms with Gasteiger partial charge in [0.1, 0.15) is 5.76 Å². The second-order valence-corrected chi connectivity index (χ2v) is 5.24. The van der Waals surface area contributed by atoms with Crippen LogP contribution in [-0.4, -0.2) is 0 Å². The smallest absolute Gasteiger partial charge is 0.152 e. The van der Waals surface area contributed by atoms with E-state index in [4.69, 9.17) is 21.8 Å². The van der Waals surface area contributed by atoms with E-state index >= 15 is 0 Å². The molecule has 0 radical (unpaired) electrons. The lowest BCUT2D eigenvalue weighted by Crippen LogP contribution is -2.13. The van der Waals surface area contributed by atoms with Crippen LogP contribution in [0, 0.1) is 0 Å². The van der Waals surface area contributed by atoms with Gasteiger partial charge in [-0.15, -0.1) is 0 Å². The Kier molecular flexibility index (Phi) is 3.51. The first-order valence-electron chi connectivity index (χ1n) is 6.72. The molecule has 1 unspecified atom stereocenters. The van der Waals surface area contributed by atoms with E-state index in [2.05, 4.69) is 19.1 Å². The predicted molar refractivity (Wildman–Crippen MR) is 83.1 cm³/mol. The van der Waals surface area contributed by atoms with Crippen molar-refractivity contribution in [1.82, 2.24) is 0 Å². The number of hydrogen-bond acceptors (Lipinski definition) is 2. The van der Waals surface area contributed by atoms with Gasteiger partial charge in [0.15, 0.2) is 5.58 Å². The highest BCUT2D eigenvalue weighted by molar-refractivity contribution is 6.34. The lowest BCUT2D eigenvalue weighted by molar-refractivity contribution is 0.524. The van der Waals surface area contributed by atoms with Gasteiger partial charge in [-0.25, -0.2) is 0 Å². The number of halogens is 1. The van der Waals surface area contributed by atoms with Crippen molar-refractivity contribution < 1.29 is 4.42 Å². The molecule has 1 aromatic heterocycles. The lowest BCUT2D eigenvalue weighted by atomic mass is 9.97. The summed E-state index contributed by atoms with van der Waals surface area (Å²) in [5.74, 6) is 0.744. The molecule has 20 heavy (non-hydrogen) atoms. The highest BCUT2D eigenvalue weighted by Gasteiger charge is 2.17. The molecule has 0 amide bonds. The van der Waals surface area contributed by atoms with Crippen LogP contribution in [-0.2, 0) is 6.42 Å². The van der Waals surface area contributed by atoms with Gasteiger partial charge in [0.2, 0.25) is 0 Å². The molecule has 2 nitrogen and oxygen atoms in total. The first-order valence-corrected chi connectivity index (χ1v) is 7.10. The van der Waals surface area contributed by atoms with Gasteiger partial charge in [-0.05, 0) is 29.7 Å². The zero-order valence-corrected chi connectivity index (χ0v) is 12.0. The van der Waals surface area contributed by atoms with Crippen LogP contribution in [0.3, 0.4) is 0 Å². The van der Waals surface area contributed by atoms with E-state index in [0.29, 0.717) is 10.6 Å². The topological polar surface area (TPSA) is 39.2 Å². The lowest BCUT2D eigenvalue weighted by Gasteiger charge is -2.13. The zero-order chi connectivity index (χ0) is 14.1. The van der Waals surface area contributed by atoms with Crippen molar-refractivity contribution in [1.29, 1.82) is 0 Å². The summed E-state index contributed by atoms with van der Waals surface area (Å²) in [6.07, 6.45) is 0.949. The third-order valence-corrected chi connectivity index (χ3v) is 3.89. The van der Waals surface area contributed by atoms with Gasteiger partial charge >= 0.3 is 0 Å². The van der Waals surface area contributed by atoms with Gasteiger partial charge in [0, 0.05) is 5.39 Å². The van der Waals surface area contributed by atoms with Crippen LogP contribution in [0.25, 0.3) is 11.0 Å². The van der Waals surface area contributed by atoms with E-state index in [1.807, 2.05) is 36.4 Å². The van der Waals surface area contributed by atoms with Gasteiger partial charge in [0.05, 0.1) is 11.1 Å². The summed E-state index contributed by atoms with van der Waals surface area (Å²) in [6, 6.07) is 15.6. The molecular formula is C17H16ClNO. The molecule has 3 rings (SSSR count). The second-order valence-electron chi connectivity index (χ2n) is 4.84. The number of fused-ring (bicyclic) bond motifs is 1. The number of furan rings is 1. The van der Waals surface area contributed by atoms with Crippen molar-refractivity contribution in [3.8, 4) is 0 Å². The maximum atomic E-state index is 6.37. The maximum Gasteiger partial charge on any atom is 0.152 e. The van der Waals surface area contributed by atoms with Crippen molar-refractivity contribution in [3.05, 3.63) is 70.4 Å². The van der Waals surface area contributed by atoms with Crippen LogP contribution in [0.1, 0.15) is 29.9 Å². The van der Waals surface area contributed by atoms with E-state index in [9.17, 15) is 0 Å². The minimum Gasteiger partial charge on any atom is -0.457 e. The molecule has 0 aliphatic rings. The third kappa shape index (κ3) is 2.21. The molecule has 102 valence electrons. The van der Waals surface area contributed by atoms with Gasteiger partial charge < -0.3 is 10.2 Å². The van der Waals surface area contributed by atoms with Gasteiger partial charge in [-0.2, -0.15) is 0 Å². The fourth-order valence-corrected chi connectivity index (χ4v) is 2.73. The van der Waals surface area contributed by atoms with E-state index in [-0.39, 0.29) is 6.04 Å². The van der Waals surface area contributed by atoms with E-state index in [1.165, 1.54) is 5.56 Å². The average Bonchev–Trinajstić information content (AvgIpc) is 2.92. The Morgan fingerprint density at radius 3 is 2.70 bits per heavy atom. The molecule has 3 heteroatoms. The van der Waals surface area contributed by atoms with E-state index < -0.39 is 0 Å². The second kappa shape index (κ2) is 5.31. The predicted octanol–water partition coefficient (Wildman–Crippen LogP) is 4.70. The first kappa shape index (κ1) is 13.2. The Hall–Kier alpha value is -1.77. The van der Waals surface area contributed by atoms with Crippen LogP contribution < -0.4 is 5.73 Å². The summed E-state index contributed by atoms with van der Waals surface area (Å²) < 4.78 is 5.86. The first-order chi connectivity index (χ1) is 9.70. The van der Waals surface area contributed by atoms with Gasteiger partial charge in [-0.3, -0.25) is 0 Å². The van der Waals surface area contributed by atoms with Crippen LogP contribution in [0.2, 0.25) is 5.02 Å². The zero-order valence-electron chi connectivity index (χ0n) is 11.3. The molecule has 1 heterocycles. The Balaban J connectivity index is 2.08. The summed E-state index contributed by atoms with van der Waals surface area (Å²) >= 11 is 6.15. The molecule has 0 fully saturated rings. The number of rotatable bonds is 3. The number of aryl methyl sites for hydroxylation is 1. The van der Waals surface area contributed by atoms with Crippen LogP contribution in [0.5, 0.6) is 0 Å². The molecule has 0 aliphatic heterocycles. The highest BCUT2D eigenvalue weighted by Crippen LogP contribution is 2.31. The minimum absolute atomic E-state index is 0.269. The van der Waals surface area contributed by atoms with Crippen molar-refractivity contribution in [2.45, 2.75) is 19.4 Å². The highest BCUT2D eigenvalue weighted by atomic mass is 35.5. The SMILES string of the molecule is CCc1ccccc1C(N)c1cc2cccc(Cl)c2o1. The molecule has 3 aromatic rings.